The van der Waals surface area contributed by atoms with Gasteiger partial charge in [-0.05, 0) is 54.8 Å². The first-order valence-corrected chi connectivity index (χ1v) is 8.91. The first-order valence-electron chi connectivity index (χ1n) is 8.91. The topological polar surface area (TPSA) is 86.1 Å². The van der Waals surface area contributed by atoms with Gasteiger partial charge in [-0.15, -0.1) is 0 Å². The van der Waals surface area contributed by atoms with Crippen LogP contribution in [0.15, 0.2) is 55.1 Å². The number of rotatable bonds is 6. The van der Waals surface area contributed by atoms with Crippen LogP contribution in [0.2, 0.25) is 0 Å². The van der Waals surface area contributed by atoms with Crippen molar-refractivity contribution in [2.24, 2.45) is 5.92 Å². The smallest absolute Gasteiger partial charge is 0.308 e. The summed E-state index contributed by atoms with van der Waals surface area (Å²) in [5, 5.41) is 6.99. The van der Waals surface area contributed by atoms with Gasteiger partial charge in [0.1, 0.15) is 12.7 Å². The molecule has 0 aliphatic carbocycles. The molecule has 28 heavy (non-hydrogen) atoms. The molecule has 2 aromatic carbocycles. The Bertz CT molecular complexity index is 966. The average molecular weight is 378 g/mol. The highest BCUT2D eigenvalue weighted by molar-refractivity contribution is 6.05. The number of methoxy groups -OCH3 is 1. The number of nitrogens with one attached hydrogen (secondary N) is 1. The molecule has 0 spiro atoms. The molecule has 1 amide bonds. The molecule has 1 N–H and O–H groups in total. The van der Waals surface area contributed by atoms with E-state index < -0.39 is 0 Å². The highest BCUT2D eigenvalue weighted by Crippen LogP contribution is 2.18. The summed E-state index contributed by atoms with van der Waals surface area (Å²) >= 11 is 0. The predicted octanol–water partition coefficient (Wildman–Crippen LogP) is 3.18. The number of carbonyl (C=O) groups excluding carboxylic acids is 2. The summed E-state index contributed by atoms with van der Waals surface area (Å²) in [5.41, 5.74) is 3.97. The predicted molar refractivity (Wildman–Crippen MR) is 105 cm³/mol. The summed E-state index contributed by atoms with van der Waals surface area (Å²) in [6.45, 7) is 3.71. The van der Waals surface area contributed by atoms with Crippen LogP contribution in [0.1, 0.15) is 28.4 Å². The molecule has 0 radical (unpaired) electrons. The molecule has 1 heterocycles. The van der Waals surface area contributed by atoms with Crippen molar-refractivity contribution in [3.05, 3.63) is 71.8 Å². The van der Waals surface area contributed by atoms with E-state index in [2.05, 4.69) is 15.4 Å². The lowest BCUT2D eigenvalue weighted by atomic mass is 10.0. The Balaban J connectivity index is 1.67. The summed E-state index contributed by atoms with van der Waals surface area (Å²) in [4.78, 5) is 28.1. The molecule has 3 rings (SSSR count). The number of aromatic nitrogens is 3. The molecule has 7 nitrogen and oxygen atoms in total. The summed E-state index contributed by atoms with van der Waals surface area (Å²) in [7, 11) is 1.39. The van der Waals surface area contributed by atoms with E-state index in [1.807, 2.05) is 50.2 Å². The standard InChI is InChI=1S/C21H22N4O3/c1-14-11-18(25-13-22-12-23-25)8-9-19(14)20(26)24-17-6-4-16(5-7-17)10-15(2)21(27)28-3/h4-9,11-13,15H,10H2,1-3H3,(H,24,26). The van der Waals surface area contributed by atoms with Gasteiger partial charge in [-0.1, -0.05) is 19.1 Å². The fourth-order valence-corrected chi connectivity index (χ4v) is 2.95. The molecule has 0 saturated carbocycles. The van der Waals surface area contributed by atoms with Crippen molar-refractivity contribution < 1.29 is 14.3 Å². The monoisotopic (exact) mass is 378 g/mol. The van der Waals surface area contributed by atoms with E-state index in [1.165, 1.54) is 13.4 Å². The molecule has 0 saturated heterocycles. The van der Waals surface area contributed by atoms with Crippen molar-refractivity contribution in [3.8, 4) is 5.69 Å². The van der Waals surface area contributed by atoms with Crippen LogP contribution >= 0.6 is 0 Å². The third kappa shape index (κ3) is 4.43. The van der Waals surface area contributed by atoms with Crippen LogP contribution in [0.5, 0.6) is 0 Å². The zero-order valence-corrected chi connectivity index (χ0v) is 16.0. The molecule has 144 valence electrons. The lowest BCUT2D eigenvalue weighted by Crippen LogP contribution is -2.15. The molecule has 0 fully saturated rings. The van der Waals surface area contributed by atoms with Crippen LogP contribution in [-0.4, -0.2) is 33.8 Å². The van der Waals surface area contributed by atoms with Gasteiger partial charge < -0.3 is 10.1 Å². The Hall–Kier alpha value is -3.48. The number of esters is 1. The maximum atomic E-state index is 12.6. The second-order valence-corrected chi connectivity index (χ2v) is 6.62. The Morgan fingerprint density at radius 1 is 1.18 bits per heavy atom. The minimum Gasteiger partial charge on any atom is -0.469 e. The van der Waals surface area contributed by atoms with Crippen LogP contribution < -0.4 is 5.32 Å². The number of carbonyl (C=O) groups is 2. The van der Waals surface area contributed by atoms with Gasteiger partial charge in [-0.3, -0.25) is 9.59 Å². The van der Waals surface area contributed by atoms with Crippen LogP contribution in [0.4, 0.5) is 5.69 Å². The van der Waals surface area contributed by atoms with Crippen LogP contribution in [0.25, 0.3) is 5.69 Å². The number of nitrogens with zero attached hydrogens (tertiary/aromatic N) is 3. The number of anilines is 1. The summed E-state index contributed by atoms with van der Waals surface area (Å²) in [6.07, 6.45) is 3.66. The minimum absolute atomic E-state index is 0.182. The van der Waals surface area contributed by atoms with Gasteiger partial charge in [0.25, 0.3) is 5.91 Å². The quantitative estimate of drug-likeness (QED) is 0.666. The molecular weight excluding hydrogens is 356 g/mol. The van der Waals surface area contributed by atoms with Gasteiger partial charge in [0.15, 0.2) is 0 Å². The first kappa shape index (κ1) is 19.3. The van der Waals surface area contributed by atoms with Crippen molar-refractivity contribution in [1.82, 2.24) is 14.8 Å². The molecule has 3 aromatic rings. The van der Waals surface area contributed by atoms with Crippen molar-refractivity contribution in [1.29, 1.82) is 0 Å². The molecule has 0 bridgehead atoms. The van der Waals surface area contributed by atoms with Crippen LogP contribution in [-0.2, 0) is 16.0 Å². The third-order valence-corrected chi connectivity index (χ3v) is 4.50. The Morgan fingerprint density at radius 2 is 1.93 bits per heavy atom. The number of benzene rings is 2. The largest absolute Gasteiger partial charge is 0.469 e. The highest BCUT2D eigenvalue weighted by Gasteiger charge is 2.14. The van der Waals surface area contributed by atoms with E-state index in [0.29, 0.717) is 17.7 Å². The fourth-order valence-electron chi connectivity index (χ4n) is 2.95. The number of hydrogen-bond donors (Lipinski definition) is 1. The van der Waals surface area contributed by atoms with Gasteiger partial charge in [0.05, 0.1) is 18.7 Å². The van der Waals surface area contributed by atoms with Gasteiger partial charge in [-0.25, -0.2) is 9.67 Å². The van der Waals surface area contributed by atoms with Gasteiger partial charge in [-0.2, -0.15) is 5.10 Å². The maximum Gasteiger partial charge on any atom is 0.308 e. The Morgan fingerprint density at radius 3 is 2.54 bits per heavy atom. The normalized spacial score (nSPS) is 11.7. The van der Waals surface area contributed by atoms with Crippen molar-refractivity contribution in [3.63, 3.8) is 0 Å². The SMILES string of the molecule is COC(=O)C(C)Cc1ccc(NC(=O)c2ccc(-n3cncn3)cc2C)cc1. The molecule has 1 aromatic heterocycles. The summed E-state index contributed by atoms with van der Waals surface area (Å²) in [5.74, 6) is -0.628. The molecule has 0 aliphatic heterocycles. The Labute approximate surface area is 163 Å². The van der Waals surface area contributed by atoms with E-state index >= 15 is 0 Å². The Kier molecular flexibility index (Phi) is 5.84. The zero-order valence-electron chi connectivity index (χ0n) is 16.0. The molecule has 1 atom stereocenters. The van der Waals surface area contributed by atoms with Crippen molar-refractivity contribution >= 4 is 17.6 Å². The fraction of sp³-hybridized carbons (Fsp3) is 0.238. The minimum atomic E-state index is -0.234. The van der Waals surface area contributed by atoms with E-state index in [1.54, 1.807) is 17.1 Å². The number of ether oxygens (including phenoxy) is 1. The highest BCUT2D eigenvalue weighted by atomic mass is 16.5. The van der Waals surface area contributed by atoms with E-state index in [0.717, 1.165) is 16.8 Å². The van der Waals surface area contributed by atoms with Crippen LogP contribution in [0, 0.1) is 12.8 Å². The summed E-state index contributed by atoms with van der Waals surface area (Å²) < 4.78 is 6.39. The second-order valence-electron chi connectivity index (χ2n) is 6.62. The second kappa shape index (κ2) is 8.47. The molecule has 0 aliphatic rings. The molecule has 7 heteroatoms. The third-order valence-electron chi connectivity index (χ3n) is 4.50. The van der Waals surface area contributed by atoms with Crippen molar-refractivity contribution in [2.45, 2.75) is 20.3 Å². The number of amides is 1. The van der Waals surface area contributed by atoms with Crippen molar-refractivity contribution in [2.75, 3.05) is 12.4 Å². The summed E-state index contributed by atoms with van der Waals surface area (Å²) in [6, 6.07) is 12.9. The first-order chi connectivity index (χ1) is 13.5. The molecule has 1 unspecified atom stereocenters. The average Bonchev–Trinajstić information content (AvgIpc) is 3.23. The molecular formula is C21H22N4O3. The lowest BCUT2D eigenvalue weighted by Gasteiger charge is -2.11. The van der Waals surface area contributed by atoms with E-state index in [-0.39, 0.29) is 17.8 Å². The van der Waals surface area contributed by atoms with E-state index in [4.69, 9.17) is 4.74 Å². The maximum absolute atomic E-state index is 12.6. The lowest BCUT2D eigenvalue weighted by molar-refractivity contribution is -0.144. The number of aryl methyl sites for hydroxylation is 1. The van der Waals surface area contributed by atoms with Gasteiger partial charge in [0, 0.05) is 11.3 Å². The number of hydrogen-bond acceptors (Lipinski definition) is 5. The van der Waals surface area contributed by atoms with Gasteiger partial charge in [0.2, 0.25) is 0 Å². The van der Waals surface area contributed by atoms with Gasteiger partial charge >= 0.3 is 5.97 Å². The zero-order chi connectivity index (χ0) is 20.1. The van der Waals surface area contributed by atoms with E-state index in [9.17, 15) is 9.59 Å². The van der Waals surface area contributed by atoms with Crippen LogP contribution in [0.3, 0.4) is 0 Å².